The maximum Gasteiger partial charge on any atom is 0.409 e. The second kappa shape index (κ2) is 6.97. The van der Waals surface area contributed by atoms with E-state index in [1.54, 1.807) is 0 Å². The molecule has 0 amide bonds. The third-order valence-corrected chi connectivity index (χ3v) is 3.01. The van der Waals surface area contributed by atoms with Crippen molar-refractivity contribution in [1.29, 1.82) is 0 Å². The van der Waals surface area contributed by atoms with E-state index >= 15 is 0 Å². The topological polar surface area (TPSA) is 18.5 Å². The van der Waals surface area contributed by atoms with Crippen LogP contribution in [0.5, 0.6) is 0 Å². The average molecular weight is 194 g/mol. The number of alkyl halides is 1. The zero-order valence-corrected chi connectivity index (χ0v) is 8.73. The second-order valence-electron chi connectivity index (χ2n) is 1.28. The quantitative estimate of drug-likeness (QED) is 0.354. The second-order valence-corrected chi connectivity index (χ2v) is 4.91. The molecule has 0 heterocycles. The summed E-state index contributed by atoms with van der Waals surface area (Å²) in [6, 6.07) is 0. The van der Waals surface area contributed by atoms with Gasteiger partial charge in [0.15, 0.2) is 0 Å². The molecule has 9 heavy (non-hydrogen) atoms. The summed E-state index contributed by atoms with van der Waals surface area (Å²) in [7, 11) is 3.20. The Morgan fingerprint density at radius 3 is 2.89 bits per heavy atom. The molecule has 1 unspecified atom stereocenters. The molecule has 0 aliphatic rings. The van der Waals surface area contributed by atoms with E-state index in [1.807, 2.05) is 6.92 Å². The summed E-state index contributed by atoms with van der Waals surface area (Å²) in [6.45, 7) is 2.02. The van der Waals surface area contributed by atoms with Crippen LogP contribution in [0, 0.1) is 0 Å². The molecule has 0 fully saturated rings. The van der Waals surface area contributed by atoms with E-state index in [-0.39, 0.29) is 15.0 Å². The Bertz CT molecular complexity index is 65.0. The molecule has 0 aromatic rings. The molecule has 49 valence electrons. The Labute approximate surface area is 68.8 Å². The van der Waals surface area contributed by atoms with Crippen LogP contribution in [0.25, 0.3) is 0 Å². The maximum atomic E-state index is 5.72. The predicted molar refractivity (Wildman–Crippen MR) is 39.4 cm³/mol. The predicted octanol–water partition coefficient (Wildman–Crippen LogP) is 0.231. The molecule has 0 saturated carbocycles. The van der Waals surface area contributed by atoms with Crippen molar-refractivity contribution in [1.82, 2.24) is 0 Å². The summed E-state index contributed by atoms with van der Waals surface area (Å²) in [5, 5.41) is 0.138. The van der Waals surface area contributed by atoms with Gasteiger partial charge in [0.05, 0.1) is 5.00 Å². The number of hydrogen-bond acceptors (Lipinski definition) is 2. The van der Waals surface area contributed by atoms with Gasteiger partial charge >= 0.3 is 10.0 Å². The highest BCUT2D eigenvalue weighted by atomic mass is 35.5. The first-order valence-electron chi connectivity index (χ1n) is 2.44. The van der Waals surface area contributed by atoms with Gasteiger partial charge in [-0.2, -0.15) is 0 Å². The lowest BCUT2D eigenvalue weighted by atomic mass is 10.6. The van der Waals surface area contributed by atoms with Crippen molar-refractivity contribution >= 4 is 41.9 Å². The Morgan fingerprint density at radius 2 is 2.44 bits per heavy atom. The van der Waals surface area contributed by atoms with Gasteiger partial charge in [0.25, 0.3) is 0 Å². The van der Waals surface area contributed by atoms with E-state index in [2.05, 4.69) is 14.6 Å². The van der Waals surface area contributed by atoms with Crippen molar-refractivity contribution in [2.45, 2.75) is 18.3 Å². The monoisotopic (exact) mass is 193 g/mol. The summed E-state index contributed by atoms with van der Waals surface area (Å²) >= 11 is 5.72. The van der Waals surface area contributed by atoms with Crippen LogP contribution in [0.4, 0.5) is 0 Å². The highest BCUT2D eigenvalue weighted by molar-refractivity contribution is 6.53. The molecule has 0 aliphatic heterocycles. The standard InChI is InChI=1S/C3H6ClO2Si3/c1-2-3(4)8-6-9-5-7/h3H,2H2,1H3. The van der Waals surface area contributed by atoms with Gasteiger partial charge in [0.1, 0.15) is 0 Å². The Kier molecular flexibility index (Phi) is 7.64. The van der Waals surface area contributed by atoms with Crippen molar-refractivity contribution < 1.29 is 8.23 Å². The molecule has 2 nitrogen and oxygen atoms in total. The van der Waals surface area contributed by atoms with E-state index in [0.29, 0.717) is 9.76 Å². The lowest BCUT2D eigenvalue weighted by Gasteiger charge is -2.01. The fraction of sp³-hybridized carbons (Fsp3) is 1.00. The molecule has 0 N–H and O–H groups in total. The maximum absolute atomic E-state index is 5.72. The van der Waals surface area contributed by atoms with Gasteiger partial charge in [-0.1, -0.05) is 6.92 Å². The van der Waals surface area contributed by atoms with Crippen molar-refractivity contribution in [3.05, 3.63) is 0 Å². The van der Waals surface area contributed by atoms with Crippen LogP contribution in [0.2, 0.25) is 0 Å². The van der Waals surface area contributed by atoms with Gasteiger partial charge in [0, 0.05) is 0 Å². The van der Waals surface area contributed by atoms with Crippen LogP contribution in [0.15, 0.2) is 0 Å². The van der Waals surface area contributed by atoms with Gasteiger partial charge in [-0.25, -0.2) is 0 Å². The normalized spacial score (nSPS) is 13.7. The highest BCUT2D eigenvalue weighted by Gasteiger charge is 2.03. The molecule has 0 aromatic carbocycles. The van der Waals surface area contributed by atoms with Crippen LogP contribution in [0.1, 0.15) is 13.3 Å². The minimum Gasteiger partial charge on any atom is -0.435 e. The summed E-state index contributed by atoms with van der Waals surface area (Å²) in [5.74, 6) is 0. The average Bonchev–Trinajstić information content (AvgIpc) is 1.89. The van der Waals surface area contributed by atoms with Crippen molar-refractivity contribution in [2.24, 2.45) is 0 Å². The molecule has 0 saturated heterocycles. The highest BCUT2D eigenvalue weighted by Crippen LogP contribution is 1.97. The molecule has 7 radical (unpaired) electrons. The number of halogens is 1. The molecule has 0 bridgehead atoms. The zero-order valence-electron chi connectivity index (χ0n) is 4.98. The zero-order chi connectivity index (χ0) is 7.11. The number of hydrogen-bond donors (Lipinski definition) is 0. The SMILES string of the molecule is CCC(Cl)[Si]O[Si]O[Si]. The first-order valence-corrected chi connectivity index (χ1v) is 5.09. The van der Waals surface area contributed by atoms with Crippen molar-refractivity contribution in [3.63, 3.8) is 0 Å². The fourth-order valence-electron chi connectivity index (χ4n) is 0.192. The molecular weight excluding hydrogens is 188 g/mol. The Balaban J connectivity index is 2.88. The Morgan fingerprint density at radius 1 is 1.78 bits per heavy atom. The molecule has 0 spiro atoms. The lowest BCUT2D eigenvalue weighted by molar-refractivity contribution is 0.499. The smallest absolute Gasteiger partial charge is 0.409 e. The van der Waals surface area contributed by atoms with Crippen LogP contribution in [-0.2, 0) is 8.23 Å². The van der Waals surface area contributed by atoms with E-state index < -0.39 is 0 Å². The van der Waals surface area contributed by atoms with Crippen LogP contribution < -0.4 is 0 Å². The fourth-order valence-corrected chi connectivity index (χ4v) is 2.01. The molecular formula is C3H6ClO2Si3. The lowest BCUT2D eigenvalue weighted by Crippen LogP contribution is -2.16. The minimum absolute atomic E-state index is 0.0522. The Hall–Kier alpha value is 0.861. The number of rotatable bonds is 5. The first-order chi connectivity index (χ1) is 4.31. The van der Waals surface area contributed by atoms with Crippen molar-refractivity contribution in [3.8, 4) is 0 Å². The third-order valence-electron chi connectivity index (χ3n) is 0.629. The largest absolute Gasteiger partial charge is 0.435 e. The molecule has 0 aromatic heterocycles. The van der Waals surface area contributed by atoms with Crippen molar-refractivity contribution in [2.75, 3.05) is 0 Å². The van der Waals surface area contributed by atoms with Crippen LogP contribution in [-0.4, -0.2) is 35.3 Å². The van der Waals surface area contributed by atoms with Crippen LogP contribution in [0.3, 0.4) is 0 Å². The molecule has 0 rings (SSSR count). The van der Waals surface area contributed by atoms with Gasteiger partial charge < -0.3 is 8.23 Å². The summed E-state index contributed by atoms with van der Waals surface area (Å²) in [4.78, 5) is 0. The van der Waals surface area contributed by atoms with Gasteiger partial charge in [0.2, 0.25) is 20.2 Å². The van der Waals surface area contributed by atoms with Gasteiger partial charge in [-0.05, 0) is 6.42 Å². The summed E-state index contributed by atoms with van der Waals surface area (Å²) < 4.78 is 9.48. The minimum atomic E-state index is 0.0522. The molecule has 1 atom stereocenters. The molecule has 0 aliphatic carbocycles. The summed E-state index contributed by atoms with van der Waals surface area (Å²) in [5.41, 5.74) is 0. The summed E-state index contributed by atoms with van der Waals surface area (Å²) in [6.07, 6.45) is 0.937. The van der Waals surface area contributed by atoms with E-state index in [0.717, 1.165) is 6.42 Å². The van der Waals surface area contributed by atoms with Gasteiger partial charge in [-0.3, -0.25) is 0 Å². The van der Waals surface area contributed by atoms with Gasteiger partial charge in [-0.15, -0.1) is 11.6 Å². The molecule has 6 heteroatoms. The third kappa shape index (κ3) is 6.75. The van der Waals surface area contributed by atoms with E-state index in [1.165, 1.54) is 0 Å². The van der Waals surface area contributed by atoms with Crippen LogP contribution >= 0.6 is 11.6 Å². The van der Waals surface area contributed by atoms with E-state index in [4.69, 9.17) is 15.7 Å². The van der Waals surface area contributed by atoms with E-state index in [9.17, 15) is 0 Å². The first kappa shape index (κ1) is 9.86.